The summed E-state index contributed by atoms with van der Waals surface area (Å²) in [5, 5.41) is 0.481. The van der Waals surface area contributed by atoms with E-state index in [-0.39, 0.29) is 11.3 Å². The van der Waals surface area contributed by atoms with Crippen LogP contribution in [0.2, 0.25) is 0 Å². The Labute approximate surface area is 113 Å². The molecule has 108 valence electrons. The van der Waals surface area contributed by atoms with Crippen molar-refractivity contribution >= 4 is 16.6 Å². The van der Waals surface area contributed by atoms with E-state index in [4.69, 9.17) is 5.84 Å². The number of hydrazine groups is 1. The number of hydrogen-bond donors (Lipinski definition) is 2. The minimum absolute atomic E-state index is 0.142. The number of nitrogens with zero attached hydrogens (tertiary/aromatic N) is 1. The Morgan fingerprint density at radius 1 is 1.35 bits per heavy atom. The van der Waals surface area contributed by atoms with Gasteiger partial charge in [-0.05, 0) is 18.6 Å². The van der Waals surface area contributed by atoms with Crippen molar-refractivity contribution in [1.29, 1.82) is 0 Å². The van der Waals surface area contributed by atoms with Crippen LogP contribution in [0.1, 0.15) is 19.0 Å². The Kier molecular flexibility index (Phi) is 3.99. The molecule has 1 aromatic carbocycles. The third kappa shape index (κ3) is 3.11. The highest BCUT2D eigenvalue weighted by Crippen LogP contribution is 2.33. The minimum Gasteiger partial charge on any atom is -0.403 e. The second-order valence-electron chi connectivity index (χ2n) is 4.26. The van der Waals surface area contributed by atoms with Crippen molar-refractivity contribution in [2.75, 3.05) is 5.43 Å². The average Bonchev–Trinajstić information content (AvgIpc) is 2.37. The van der Waals surface area contributed by atoms with E-state index in [2.05, 4.69) is 15.1 Å². The van der Waals surface area contributed by atoms with Gasteiger partial charge in [-0.2, -0.15) is 0 Å². The van der Waals surface area contributed by atoms with Gasteiger partial charge in [-0.15, -0.1) is 13.2 Å². The number of pyridine rings is 1. The number of aromatic nitrogens is 1. The van der Waals surface area contributed by atoms with Gasteiger partial charge < -0.3 is 10.2 Å². The molecule has 0 aliphatic heterocycles. The largest absolute Gasteiger partial charge is 0.573 e. The average molecular weight is 285 g/mol. The summed E-state index contributed by atoms with van der Waals surface area (Å²) in [6.45, 7) is 1.96. The molecule has 0 amide bonds. The number of nitrogens with one attached hydrogen (secondary N) is 1. The summed E-state index contributed by atoms with van der Waals surface area (Å²) >= 11 is 0. The lowest BCUT2D eigenvalue weighted by atomic mass is 10.1. The van der Waals surface area contributed by atoms with E-state index in [1.807, 2.05) is 6.92 Å². The summed E-state index contributed by atoms with van der Waals surface area (Å²) in [6, 6.07) is 6.06. The van der Waals surface area contributed by atoms with E-state index < -0.39 is 6.36 Å². The first-order valence-electron chi connectivity index (χ1n) is 6.09. The van der Waals surface area contributed by atoms with Gasteiger partial charge in [0.25, 0.3) is 0 Å². The number of benzene rings is 1. The maximum atomic E-state index is 12.4. The first-order chi connectivity index (χ1) is 9.44. The number of para-hydroxylation sites is 1. The number of aryl methyl sites for hydroxylation is 1. The molecule has 1 heterocycles. The van der Waals surface area contributed by atoms with Gasteiger partial charge in [-0.1, -0.05) is 25.5 Å². The topological polar surface area (TPSA) is 60.2 Å². The van der Waals surface area contributed by atoms with E-state index in [0.29, 0.717) is 23.2 Å². The molecule has 3 N–H and O–H groups in total. The van der Waals surface area contributed by atoms with Crippen LogP contribution in [0.5, 0.6) is 5.75 Å². The molecule has 1 aromatic heterocycles. The van der Waals surface area contributed by atoms with E-state index in [0.717, 1.165) is 6.42 Å². The second kappa shape index (κ2) is 5.54. The Morgan fingerprint density at radius 3 is 2.70 bits per heavy atom. The zero-order valence-electron chi connectivity index (χ0n) is 10.8. The van der Waals surface area contributed by atoms with Crippen LogP contribution in [0.25, 0.3) is 10.9 Å². The standard InChI is InChI=1S/C13H14F3N3O/c1-2-4-8-7-10(19-17)9-5-3-6-11(12(9)18-8)20-13(14,15)16/h3,5-7H,2,4,17H2,1H3,(H,18,19). The number of nitrogen functional groups attached to an aromatic ring is 1. The molecule has 0 fully saturated rings. The van der Waals surface area contributed by atoms with E-state index >= 15 is 0 Å². The first-order valence-corrected chi connectivity index (χ1v) is 6.09. The summed E-state index contributed by atoms with van der Waals surface area (Å²) in [7, 11) is 0. The molecule has 0 aliphatic carbocycles. The molecule has 2 rings (SSSR count). The van der Waals surface area contributed by atoms with E-state index in [9.17, 15) is 13.2 Å². The van der Waals surface area contributed by atoms with Crippen LogP contribution < -0.4 is 16.0 Å². The normalized spacial score (nSPS) is 11.7. The first kappa shape index (κ1) is 14.4. The molecule has 0 bridgehead atoms. The number of fused-ring (bicyclic) bond motifs is 1. The van der Waals surface area contributed by atoms with Gasteiger partial charge in [0.1, 0.15) is 5.52 Å². The molecule has 20 heavy (non-hydrogen) atoms. The number of anilines is 1. The third-order valence-corrected chi connectivity index (χ3v) is 2.74. The second-order valence-corrected chi connectivity index (χ2v) is 4.26. The molecule has 7 heteroatoms. The maximum Gasteiger partial charge on any atom is 0.573 e. The number of nitrogens with two attached hydrogens (primary N) is 1. The van der Waals surface area contributed by atoms with Crippen LogP contribution in [-0.4, -0.2) is 11.3 Å². The molecule has 0 spiro atoms. The van der Waals surface area contributed by atoms with Crippen molar-refractivity contribution in [3.05, 3.63) is 30.0 Å². The van der Waals surface area contributed by atoms with Gasteiger partial charge in [-0.3, -0.25) is 5.84 Å². The molecule has 4 nitrogen and oxygen atoms in total. The van der Waals surface area contributed by atoms with Gasteiger partial charge in [-0.25, -0.2) is 4.98 Å². The molecule has 0 atom stereocenters. The summed E-state index contributed by atoms with van der Waals surface area (Å²) in [6.07, 6.45) is -3.29. The van der Waals surface area contributed by atoms with Crippen molar-refractivity contribution in [3.8, 4) is 5.75 Å². The zero-order valence-corrected chi connectivity index (χ0v) is 10.8. The Balaban J connectivity index is 2.61. The molecular formula is C13H14F3N3O. The van der Waals surface area contributed by atoms with Gasteiger partial charge in [0, 0.05) is 11.1 Å². The SMILES string of the molecule is CCCc1cc(NN)c2cccc(OC(F)(F)F)c2n1. The highest BCUT2D eigenvalue weighted by atomic mass is 19.4. The van der Waals surface area contributed by atoms with Gasteiger partial charge >= 0.3 is 6.36 Å². The number of hydrogen-bond acceptors (Lipinski definition) is 4. The molecule has 0 radical (unpaired) electrons. The van der Waals surface area contributed by atoms with Gasteiger partial charge in [0.05, 0.1) is 5.69 Å². The fourth-order valence-corrected chi connectivity index (χ4v) is 1.99. The summed E-state index contributed by atoms with van der Waals surface area (Å²) < 4.78 is 41.2. The lowest BCUT2D eigenvalue weighted by Crippen LogP contribution is -2.17. The molecule has 0 aliphatic rings. The van der Waals surface area contributed by atoms with Crippen LogP contribution in [0.4, 0.5) is 18.9 Å². The highest BCUT2D eigenvalue weighted by molar-refractivity contribution is 5.94. The highest BCUT2D eigenvalue weighted by Gasteiger charge is 2.32. The lowest BCUT2D eigenvalue weighted by molar-refractivity contribution is -0.274. The molecule has 0 unspecified atom stereocenters. The number of ether oxygens (including phenoxy) is 1. The third-order valence-electron chi connectivity index (χ3n) is 2.74. The van der Waals surface area contributed by atoms with Crippen molar-refractivity contribution in [2.45, 2.75) is 26.1 Å². The predicted molar refractivity (Wildman–Crippen MR) is 70.2 cm³/mol. The summed E-state index contributed by atoms with van der Waals surface area (Å²) in [5.41, 5.74) is 3.80. The molecule has 0 saturated heterocycles. The molecular weight excluding hydrogens is 271 g/mol. The molecule has 2 aromatic rings. The molecule has 0 saturated carbocycles. The number of halogens is 3. The summed E-state index contributed by atoms with van der Waals surface area (Å²) in [5.74, 6) is 5.09. The van der Waals surface area contributed by atoms with Crippen LogP contribution in [0.15, 0.2) is 24.3 Å². The summed E-state index contributed by atoms with van der Waals surface area (Å²) in [4.78, 5) is 4.24. The maximum absolute atomic E-state index is 12.4. The zero-order chi connectivity index (χ0) is 14.8. The Hall–Kier alpha value is -2.02. The Bertz CT molecular complexity index is 614. The number of rotatable bonds is 4. The lowest BCUT2D eigenvalue weighted by Gasteiger charge is -2.13. The monoisotopic (exact) mass is 285 g/mol. The van der Waals surface area contributed by atoms with Crippen LogP contribution in [0, 0.1) is 0 Å². The predicted octanol–water partition coefficient (Wildman–Crippen LogP) is 3.37. The van der Waals surface area contributed by atoms with Gasteiger partial charge in [0.2, 0.25) is 0 Å². The van der Waals surface area contributed by atoms with E-state index in [1.165, 1.54) is 12.1 Å². The van der Waals surface area contributed by atoms with Crippen molar-refractivity contribution in [2.24, 2.45) is 5.84 Å². The quantitative estimate of drug-likeness (QED) is 0.668. The van der Waals surface area contributed by atoms with Crippen molar-refractivity contribution < 1.29 is 17.9 Å². The van der Waals surface area contributed by atoms with Crippen molar-refractivity contribution in [3.63, 3.8) is 0 Å². The minimum atomic E-state index is -4.76. The van der Waals surface area contributed by atoms with Crippen LogP contribution in [0.3, 0.4) is 0 Å². The fraction of sp³-hybridized carbons (Fsp3) is 0.308. The van der Waals surface area contributed by atoms with Crippen LogP contribution >= 0.6 is 0 Å². The van der Waals surface area contributed by atoms with Crippen molar-refractivity contribution in [1.82, 2.24) is 4.98 Å². The Morgan fingerprint density at radius 2 is 2.10 bits per heavy atom. The van der Waals surface area contributed by atoms with Crippen LogP contribution in [-0.2, 0) is 6.42 Å². The van der Waals surface area contributed by atoms with E-state index in [1.54, 1.807) is 12.1 Å². The fourth-order valence-electron chi connectivity index (χ4n) is 1.99. The smallest absolute Gasteiger partial charge is 0.403 e. The number of alkyl halides is 3. The van der Waals surface area contributed by atoms with Gasteiger partial charge in [0.15, 0.2) is 5.75 Å².